The predicted octanol–water partition coefficient (Wildman–Crippen LogP) is 0.835. The zero-order chi connectivity index (χ0) is 9.68. The van der Waals surface area contributed by atoms with Crippen LogP contribution in [0.3, 0.4) is 0 Å². The molecule has 0 fully saturated rings. The van der Waals surface area contributed by atoms with E-state index in [2.05, 4.69) is 14.7 Å². The highest BCUT2D eigenvalue weighted by atomic mass is 16.5. The number of methoxy groups -OCH3 is 1. The summed E-state index contributed by atoms with van der Waals surface area (Å²) in [5, 5.41) is 0. The first kappa shape index (κ1) is 9.09. The van der Waals surface area contributed by atoms with E-state index in [1.54, 1.807) is 0 Å². The fourth-order valence-corrected chi connectivity index (χ4v) is 0.807. The molecule has 0 aliphatic rings. The summed E-state index contributed by atoms with van der Waals surface area (Å²) in [6, 6.07) is 1.42. The first-order valence-corrected chi connectivity index (χ1v) is 3.39. The number of hydrogen-bond donors (Lipinski definition) is 0. The molecule has 0 unspecified atom stereocenters. The summed E-state index contributed by atoms with van der Waals surface area (Å²) in [4.78, 5) is 28.0. The van der Waals surface area contributed by atoms with E-state index in [9.17, 15) is 9.59 Å². The van der Waals surface area contributed by atoms with Crippen LogP contribution < -0.4 is 0 Å². The Kier molecular flexibility index (Phi) is 2.89. The van der Waals surface area contributed by atoms with Crippen molar-refractivity contribution in [1.29, 1.82) is 0 Å². The van der Waals surface area contributed by atoms with E-state index in [0.717, 1.165) is 0 Å². The fourth-order valence-electron chi connectivity index (χ4n) is 0.807. The Morgan fingerprint density at radius 1 is 1.69 bits per heavy atom. The number of aromatic nitrogens is 1. The number of esters is 1. The van der Waals surface area contributed by atoms with Gasteiger partial charge >= 0.3 is 5.97 Å². The number of isocyanates is 1. The lowest BCUT2D eigenvalue weighted by molar-refractivity contribution is 0.0601. The van der Waals surface area contributed by atoms with Gasteiger partial charge in [-0.15, -0.1) is 0 Å². The molecule has 0 saturated heterocycles. The maximum Gasteiger partial charge on any atom is 0.340 e. The summed E-state index contributed by atoms with van der Waals surface area (Å²) in [5.74, 6) is -0.559. The number of hydrogen-bond acceptors (Lipinski definition) is 5. The van der Waals surface area contributed by atoms with Crippen LogP contribution in [0.5, 0.6) is 0 Å². The van der Waals surface area contributed by atoms with Crippen LogP contribution in [-0.4, -0.2) is 24.1 Å². The quantitative estimate of drug-likeness (QED) is 0.382. The van der Waals surface area contributed by atoms with Crippen LogP contribution in [0.15, 0.2) is 23.5 Å². The molecular weight excluding hydrogens is 172 g/mol. The number of pyridine rings is 1. The fraction of sp³-hybridized carbons (Fsp3) is 0.125. The van der Waals surface area contributed by atoms with Gasteiger partial charge in [0.25, 0.3) is 0 Å². The van der Waals surface area contributed by atoms with Crippen molar-refractivity contribution in [2.75, 3.05) is 7.11 Å². The molecule has 66 valence electrons. The van der Waals surface area contributed by atoms with Gasteiger partial charge in [-0.25, -0.2) is 9.59 Å². The number of carbonyl (C=O) groups is 1. The number of carbonyl (C=O) groups excluding carboxylic acids is 2. The molecule has 0 aliphatic carbocycles. The third-order valence-corrected chi connectivity index (χ3v) is 1.37. The second kappa shape index (κ2) is 4.13. The maximum absolute atomic E-state index is 11.1. The van der Waals surface area contributed by atoms with E-state index in [4.69, 9.17) is 0 Å². The zero-order valence-corrected chi connectivity index (χ0v) is 6.85. The van der Waals surface area contributed by atoms with E-state index < -0.39 is 5.97 Å². The lowest BCUT2D eigenvalue weighted by Gasteiger charge is -1.99. The molecule has 5 heteroatoms. The van der Waals surface area contributed by atoms with Gasteiger partial charge in [-0.05, 0) is 6.07 Å². The molecule has 0 aromatic carbocycles. The van der Waals surface area contributed by atoms with Crippen molar-refractivity contribution >= 4 is 17.7 Å². The van der Waals surface area contributed by atoms with Gasteiger partial charge in [-0.1, -0.05) is 0 Å². The highest BCUT2D eigenvalue weighted by Crippen LogP contribution is 2.16. The second-order valence-electron chi connectivity index (χ2n) is 2.09. The minimum Gasteiger partial charge on any atom is -0.465 e. The van der Waals surface area contributed by atoms with Gasteiger partial charge in [-0.3, -0.25) is 4.98 Å². The van der Waals surface area contributed by atoms with Gasteiger partial charge in [-0.2, -0.15) is 4.99 Å². The van der Waals surface area contributed by atoms with Gasteiger partial charge in [0.2, 0.25) is 6.08 Å². The predicted molar refractivity (Wildman–Crippen MR) is 43.4 cm³/mol. The molecule has 13 heavy (non-hydrogen) atoms. The average Bonchev–Trinajstić information content (AvgIpc) is 2.18. The molecule has 0 radical (unpaired) electrons. The topological polar surface area (TPSA) is 68.6 Å². The molecule has 1 rings (SSSR count). The van der Waals surface area contributed by atoms with Crippen LogP contribution in [-0.2, 0) is 9.53 Å². The first-order valence-electron chi connectivity index (χ1n) is 3.39. The van der Waals surface area contributed by atoms with Crippen LogP contribution in [0.2, 0.25) is 0 Å². The highest BCUT2D eigenvalue weighted by molar-refractivity contribution is 5.94. The third kappa shape index (κ3) is 1.98. The van der Waals surface area contributed by atoms with E-state index in [0.29, 0.717) is 0 Å². The Balaban J connectivity index is 3.18. The molecule has 0 saturated carbocycles. The van der Waals surface area contributed by atoms with Gasteiger partial charge < -0.3 is 4.74 Å². The number of aliphatic imine (C=N–C) groups is 1. The molecule has 1 aromatic rings. The van der Waals surface area contributed by atoms with Crippen LogP contribution in [0.25, 0.3) is 0 Å². The first-order chi connectivity index (χ1) is 6.29. The molecule has 5 nitrogen and oxygen atoms in total. The largest absolute Gasteiger partial charge is 0.465 e. The van der Waals surface area contributed by atoms with Crippen molar-refractivity contribution in [1.82, 2.24) is 4.98 Å². The summed E-state index contributed by atoms with van der Waals surface area (Å²) in [6.45, 7) is 0. The Morgan fingerprint density at radius 3 is 3.08 bits per heavy atom. The van der Waals surface area contributed by atoms with Gasteiger partial charge in [0, 0.05) is 6.20 Å². The van der Waals surface area contributed by atoms with E-state index in [1.165, 1.54) is 31.6 Å². The lowest BCUT2D eigenvalue weighted by Crippen LogP contribution is -2.01. The number of rotatable bonds is 2. The van der Waals surface area contributed by atoms with Gasteiger partial charge in [0.1, 0.15) is 5.69 Å². The lowest BCUT2D eigenvalue weighted by atomic mass is 10.2. The summed E-state index contributed by atoms with van der Waals surface area (Å²) in [5.41, 5.74) is 0.352. The average molecular weight is 178 g/mol. The molecule has 0 atom stereocenters. The number of ether oxygens (including phenoxy) is 1. The number of nitrogens with zero attached hydrogens (tertiary/aromatic N) is 2. The smallest absolute Gasteiger partial charge is 0.340 e. The highest BCUT2D eigenvalue weighted by Gasteiger charge is 2.10. The minimum absolute atomic E-state index is 0.157. The molecule has 0 spiro atoms. The van der Waals surface area contributed by atoms with Crippen LogP contribution in [0.1, 0.15) is 10.4 Å². The van der Waals surface area contributed by atoms with Crippen molar-refractivity contribution in [3.63, 3.8) is 0 Å². The van der Waals surface area contributed by atoms with Gasteiger partial charge in [0.05, 0.1) is 18.9 Å². The molecular formula is C8H6N2O3. The summed E-state index contributed by atoms with van der Waals surface area (Å²) < 4.78 is 4.47. The van der Waals surface area contributed by atoms with Crippen molar-refractivity contribution in [3.8, 4) is 0 Å². The minimum atomic E-state index is -0.559. The maximum atomic E-state index is 11.1. The normalized spacial score (nSPS) is 8.69. The Bertz CT molecular complexity index is 369. The van der Waals surface area contributed by atoms with E-state index >= 15 is 0 Å². The second-order valence-corrected chi connectivity index (χ2v) is 2.09. The third-order valence-electron chi connectivity index (χ3n) is 1.37. The SMILES string of the molecule is COC(=O)c1ccncc1N=C=O. The van der Waals surface area contributed by atoms with Crippen molar-refractivity contribution in [3.05, 3.63) is 24.0 Å². The molecule has 0 bridgehead atoms. The van der Waals surface area contributed by atoms with Crippen molar-refractivity contribution < 1.29 is 14.3 Å². The van der Waals surface area contributed by atoms with Crippen molar-refractivity contribution in [2.45, 2.75) is 0 Å². The molecule has 1 aromatic heterocycles. The van der Waals surface area contributed by atoms with E-state index in [-0.39, 0.29) is 11.3 Å². The summed E-state index contributed by atoms with van der Waals surface area (Å²) in [7, 11) is 1.25. The molecule has 0 amide bonds. The Hall–Kier alpha value is -2.00. The van der Waals surface area contributed by atoms with Crippen LogP contribution in [0, 0.1) is 0 Å². The van der Waals surface area contributed by atoms with Crippen LogP contribution in [0.4, 0.5) is 5.69 Å². The van der Waals surface area contributed by atoms with Gasteiger partial charge in [0.15, 0.2) is 0 Å². The summed E-state index contributed by atoms with van der Waals surface area (Å²) in [6.07, 6.45) is 4.03. The molecule has 0 N–H and O–H groups in total. The Morgan fingerprint density at radius 2 is 2.46 bits per heavy atom. The van der Waals surface area contributed by atoms with E-state index in [1.807, 2.05) is 0 Å². The molecule has 0 aliphatic heterocycles. The monoisotopic (exact) mass is 178 g/mol. The van der Waals surface area contributed by atoms with Crippen molar-refractivity contribution in [2.24, 2.45) is 4.99 Å². The standard InChI is InChI=1S/C8H6N2O3/c1-13-8(12)6-2-3-9-4-7(6)10-5-11/h2-4H,1H3. The summed E-state index contributed by atoms with van der Waals surface area (Å²) >= 11 is 0. The molecule has 1 heterocycles. The Labute approximate surface area is 74.1 Å². The zero-order valence-electron chi connectivity index (χ0n) is 6.85. The van der Waals surface area contributed by atoms with Crippen LogP contribution >= 0.6 is 0 Å².